The van der Waals surface area contributed by atoms with Crippen LogP contribution in [0.2, 0.25) is 0 Å². The van der Waals surface area contributed by atoms with Crippen molar-refractivity contribution in [3.8, 4) is 0 Å². The standard InChI is InChI=1S/C14H26N2O2/c1-18-10-4-9-15-14(17)13-8-7-11-5-2-3-6-12(11)16-13/h11-13,16H,2-10H2,1H3,(H,15,17). The highest BCUT2D eigenvalue weighted by atomic mass is 16.5. The van der Waals surface area contributed by atoms with Crippen LogP contribution < -0.4 is 10.6 Å². The van der Waals surface area contributed by atoms with E-state index in [2.05, 4.69) is 10.6 Å². The van der Waals surface area contributed by atoms with E-state index >= 15 is 0 Å². The summed E-state index contributed by atoms with van der Waals surface area (Å²) in [7, 11) is 1.69. The monoisotopic (exact) mass is 254 g/mol. The van der Waals surface area contributed by atoms with Crippen molar-refractivity contribution in [3.05, 3.63) is 0 Å². The number of hydrogen-bond acceptors (Lipinski definition) is 3. The molecule has 2 aliphatic rings. The molecule has 1 aliphatic heterocycles. The number of nitrogens with one attached hydrogen (secondary N) is 2. The van der Waals surface area contributed by atoms with Gasteiger partial charge in [0, 0.05) is 26.3 Å². The molecule has 1 aliphatic carbocycles. The summed E-state index contributed by atoms with van der Waals surface area (Å²) >= 11 is 0. The predicted molar refractivity (Wildman–Crippen MR) is 71.4 cm³/mol. The molecule has 1 amide bonds. The Hall–Kier alpha value is -0.610. The van der Waals surface area contributed by atoms with Gasteiger partial charge in [-0.1, -0.05) is 12.8 Å². The van der Waals surface area contributed by atoms with Crippen LogP contribution >= 0.6 is 0 Å². The first-order valence-corrected chi connectivity index (χ1v) is 7.34. The summed E-state index contributed by atoms with van der Waals surface area (Å²) in [6, 6.07) is 0.620. The molecular weight excluding hydrogens is 228 g/mol. The number of carbonyl (C=O) groups is 1. The minimum Gasteiger partial charge on any atom is -0.385 e. The number of hydrogen-bond donors (Lipinski definition) is 2. The first-order chi connectivity index (χ1) is 8.81. The topological polar surface area (TPSA) is 50.4 Å². The molecule has 2 N–H and O–H groups in total. The Balaban J connectivity index is 1.71. The molecule has 2 fully saturated rings. The van der Waals surface area contributed by atoms with E-state index in [9.17, 15) is 4.79 Å². The van der Waals surface area contributed by atoms with E-state index in [0.29, 0.717) is 12.6 Å². The van der Waals surface area contributed by atoms with Crippen LogP contribution in [0.4, 0.5) is 0 Å². The third-order valence-corrected chi connectivity index (χ3v) is 4.29. The van der Waals surface area contributed by atoms with Gasteiger partial charge in [0.2, 0.25) is 5.91 Å². The van der Waals surface area contributed by atoms with Crippen LogP contribution in [0.5, 0.6) is 0 Å². The minimum absolute atomic E-state index is 0.0342. The minimum atomic E-state index is 0.0342. The second kappa shape index (κ2) is 7.10. The van der Waals surface area contributed by atoms with Gasteiger partial charge < -0.3 is 15.4 Å². The normalized spacial score (nSPS) is 31.7. The molecule has 0 aromatic carbocycles. The Bertz CT molecular complexity index is 271. The number of piperidine rings is 1. The molecule has 0 radical (unpaired) electrons. The lowest BCUT2D eigenvalue weighted by Gasteiger charge is -2.39. The molecule has 0 aromatic rings. The van der Waals surface area contributed by atoms with Crippen LogP contribution in [-0.2, 0) is 9.53 Å². The van der Waals surface area contributed by atoms with Gasteiger partial charge in [-0.3, -0.25) is 4.79 Å². The zero-order valence-corrected chi connectivity index (χ0v) is 11.4. The molecule has 0 spiro atoms. The molecule has 0 aromatic heterocycles. The Morgan fingerprint density at radius 1 is 1.28 bits per heavy atom. The third kappa shape index (κ3) is 3.69. The van der Waals surface area contributed by atoms with Crippen molar-refractivity contribution >= 4 is 5.91 Å². The first-order valence-electron chi connectivity index (χ1n) is 7.34. The molecule has 4 nitrogen and oxygen atoms in total. The second-order valence-corrected chi connectivity index (χ2v) is 5.59. The summed E-state index contributed by atoms with van der Waals surface area (Å²) in [5.41, 5.74) is 0. The van der Waals surface area contributed by atoms with Gasteiger partial charge in [-0.15, -0.1) is 0 Å². The van der Waals surface area contributed by atoms with Gasteiger partial charge in [0.1, 0.15) is 0 Å². The van der Waals surface area contributed by atoms with Crippen molar-refractivity contribution in [3.63, 3.8) is 0 Å². The van der Waals surface area contributed by atoms with Crippen LogP contribution in [-0.4, -0.2) is 38.3 Å². The number of methoxy groups -OCH3 is 1. The third-order valence-electron chi connectivity index (χ3n) is 4.29. The maximum atomic E-state index is 12.0. The van der Waals surface area contributed by atoms with Gasteiger partial charge in [-0.2, -0.15) is 0 Å². The van der Waals surface area contributed by atoms with Crippen molar-refractivity contribution in [2.75, 3.05) is 20.3 Å². The summed E-state index contributed by atoms with van der Waals surface area (Å²) in [6.45, 7) is 1.43. The number of rotatable bonds is 5. The maximum Gasteiger partial charge on any atom is 0.237 e. The number of carbonyl (C=O) groups excluding carboxylic acids is 1. The van der Waals surface area contributed by atoms with Gasteiger partial charge in [0.15, 0.2) is 0 Å². The molecule has 1 heterocycles. The molecule has 2 rings (SSSR count). The zero-order valence-electron chi connectivity index (χ0n) is 11.4. The molecule has 1 saturated carbocycles. The van der Waals surface area contributed by atoms with E-state index in [1.807, 2.05) is 0 Å². The lowest BCUT2D eigenvalue weighted by atomic mass is 9.77. The van der Waals surface area contributed by atoms with Crippen molar-refractivity contribution in [1.29, 1.82) is 0 Å². The van der Waals surface area contributed by atoms with Crippen LogP contribution in [0.25, 0.3) is 0 Å². The van der Waals surface area contributed by atoms with Crippen molar-refractivity contribution in [1.82, 2.24) is 10.6 Å². The van der Waals surface area contributed by atoms with Gasteiger partial charge in [0.25, 0.3) is 0 Å². The summed E-state index contributed by atoms with van der Waals surface area (Å²) in [5.74, 6) is 0.992. The second-order valence-electron chi connectivity index (χ2n) is 5.59. The van der Waals surface area contributed by atoms with E-state index in [4.69, 9.17) is 4.74 Å². The average molecular weight is 254 g/mol. The number of amides is 1. The fourth-order valence-corrected chi connectivity index (χ4v) is 3.25. The highest BCUT2D eigenvalue weighted by Gasteiger charge is 2.34. The first kappa shape index (κ1) is 13.8. The Labute approximate surface area is 110 Å². The van der Waals surface area contributed by atoms with E-state index < -0.39 is 0 Å². The largest absolute Gasteiger partial charge is 0.385 e. The van der Waals surface area contributed by atoms with Crippen LogP contribution in [0.3, 0.4) is 0 Å². The molecule has 1 saturated heterocycles. The number of fused-ring (bicyclic) bond motifs is 1. The van der Waals surface area contributed by atoms with Crippen LogP contribution in [0.15, 0.2) is 0 Å². The van der Waals surface area contributed by atoms with Crippen molar-refractivity contribution in [2.45, 2.75) is 57.0 Å². The van der Waals surface area contributed by atoms with Crippen LogP contribution in [0.1, 0.15) is 44.9 Å². The highest BCUT2D eigenvalue weighted by molar-refractivity contribution is 5.81. The lowest BCUT2D eigenvalue weighted by molar-refractivity contribution is -0.124. The quantitative estimate of drug-likeness (QED) is 0.730. The molecule has 3 atom stereocenters. The molecule has 3 unspecified atom stereocenters. The fraction of sp³-hybridized carbons (Fsp3) is 0.929. The SMILES string of the molecule is COCCCNC(=O)C1CCC2CCCCC2N1. The number of ether oxygens (including phenoxy) is 1. The summed E-state index contributed by atoms with van der Waals surface area (Å²) in [5, 5.41) is 6.55. The molecule has 104 valence electrons. The van der Waals surface area contributed by atoms with Crippen molar-refractivity contribution in [2.24, 2.45) is 5.92 Å². The van der Waals surface area contributed by atoms with E-state index in [1.165, 1.54) is 32.1 Å². The molecule has 18 heavy (non-hydrogen) atoms. The predicted octanol–water partition coefficient (Wildman–Crippen LogP) is 1.45. The van der Waals surface area contributed by atoms with Gasteiger partial charge in [-0.25, -0.2) is 0 Å². The van der Waals surface area contributed by atoms with E-state index in [0.717, 1.165) is 25.3 Å². The summed E-state index contributed by atoms with van der Waals surface area (Å²) in [6.07, 6.45) is 8.39. The Morgan fingerprint density at radius 2 is 2.11 bits per heavy atom. The Morgan fingerprint density at radius 3 is 2.94 bits per heavy atom. The van der Waals surface area contributed by atoms with Crippen LogP contribution in [0, 0.1) is 5.92 Å². The Kier molecular flexibility index (Phi) is 5.45. The van der Waals surface area contributed by atoms with Gasteiger partial charge in [0.05, 0.1) is 6.04 Å². The lowest BCUT2D eigenvalue weighted by Crippen LogP contribution is -2.55. The maximum absolute atomic E-state index is 12.0. The van der Waals surface area contributed by atoms with Crippen molar-refractivity contribution < 1.29 is 9.53 Å². The molecular formula is C14H26N2O2. The van der Waals surface area contributed by atoms with Gasteiger partial charge in [-0.05, 0) is 38.0 Å². The summed E-state index contributed by atoms with van der Waals surface area (Å²) in [4.78, 5) is 12.0. The smallest absolute Gasteiger partial charge is 0.237 e. The molecule has 4 heteroatoms. The van der Waals surface area contributed by atoms with E-state index in [-0.39, 0.29) is 11.9 Å². The zero-order chi connectivity index (χ0) is 12.8. The highest BCUT2D eigenvalue weighted by Crippen LogP contribution is 2.32. The molecule has 0 bridgehead atoms. The van der Waals surface area contributed by atoms with Gasteiger partial charge >= 0.3 is 0 Å². The van der Waals surface area contributed by atoms with E-state index in [1.54, 1.807) is 7.11 Å². The fourth-order valence-electron chi connectivity index (χ4n) is 3.25. The average Bonchev–Trinajstić information content (AvgIpc) is 2.43. The summed E-state index contributed by atoms with van der Waals surface area (Å²) < 4.78 is 4.97.